The van der Waals surface area contributed by atoms with E-state index in [9.17, 15) is 0 Å². The molecule has 1 aromatic carbocycles. The van der Waals surface area contributed by atoms with Crippen molar-refractivity contribution in [1.82, 2.24) is 9.97 Å². The Bertz CT molecular complexity index is 759. The van der Waals surface area contributed by atoms with Gasteiger partial charge in [0.1, 0.15) is 5.15 Å². The van der Waals surface area contributed by atoms with Gasteiger partial charge in [-0.05, 0) is 28.1 Å². The monoisotopic (exact) mass is 384 g/mol. The Morgan fingerprint density at radius 2 is 1.70 bits per heavy atom. The predicted molar refractivity (Wildman–Crippen MR) is 88.5 cm³/mol. The first-order chi connectivity index (χ1) is 9.65. The van der Waals surface area contributed by atoms with Crippen molar-refractivity contribution in [2.45, 2.75) is 0 Å². The number of halogens is 3. The minimum Gasteiger partial charge on any atom is -0.226 e. The highest BCUT2D eigenvalue weighted by molar-refractivity contribution is 9.10. The Balaban J connectivity index is 2.18. The average Bonchev–Trinajstić information content (AvgIpc) is 2.89. The molecule has 2 aromatic heterocycles. The Kier molecular flexibility index (Phi) is 4.08. The Morgan fingerprint density at radius 1 is 0.950 bits per heavy atom. The molecule has 0 N–H and O–H groups in total. The first-order valence-electron chi connectivity index (χ1n) is 5.69. The molecule has 0 saturated carbocycles. The Hall–Kier alpha value is -0.940. The third kappa shape index (κ3) is 2.74. The standard InChI is InChI=1S/C14H7BrCl2N2S/c15-11-12(8-4-2-1-3-5-8)18-14(19-13(11)17)9-6-7-10(16)20-9/h1-7H. The quantitative estimate of drug-likeness (QED) is 0.510. The number of aromatic nitrogens is 2. The van der Waals surface area contributed by atoms with Gasteiger partial charge in [0.05, 0.1) is 19.4 Å². The van der Waals surface area contributed by atoms with E-state index < -0.39 is 0 Å². The largest absolute Gasteiger partial charge is 0.226 e. The molecule has 3 aromatic rings. The average molecular weight is 386 g/mol. The predicted octanol–water partition coefficient (Wildman–Crippen LogP) is 5.94. The second-order valence-corrected chi connectivity index (χ2v) is 6.84. The number of hydrogen-bond acceptors (Lipinski definition) is 3. The van der Waals surface area contributed by atoms with Gasteiger partial charge in [-0.3, -0.25) is 0 Å². The van der Waals surface area contributed by atoms with Gasteiger partial charge in [-0.25, -0.2) is 9.97 Å². The van der Waals surface area contributed by atoms with E-state index in [1.54, 1.807) is 0 Å². The molecule has 0 aliphatic carbocycles. The maximum Gasteiger partial charge on any atom is 0.171 e. The van der Waals surface area contributed by atoms with Crippen molar-refractivity contribution in [2.75, 3.05) is 0 Å². The lowest BCUT2D eigenvalue weighted by Crippen LogP contribution is -1.94. The summed E-state index contributed by atoms with van der Waals surface area (Å²) in [6, 6.07) is 13.5. The third-order valence-corrected chi connectivity index (χ3v) is 5.13. The van der Waals surface area contributed by atoms with Crippen molar-refractivity contribution >= 4 is 50.5 Å². The van der Waals surface area contributed by atoms with Crippen LogP contribution in [0.2, 0.25) is 9.49 Å². The minimum atomic E-state index is 0.387. The van der Waals surface area contributed by atoms with E-state index in [2.05, 4.69) is 25.9 Å². The Morgan fingerprint density at radius 3 is 2.35 bits per heavy atom. The van der Waals surface area contributed by atoms with E-state index in [1.807, 2.05) is 42.5 Å². The maximum absolute atomic E-state index is 6.20. The fourth-order valence-electron chi connectivity index (χ4n) is 1.75. The molecule has 0 unspecified atom stereocenters. The van der Waals surface area contributed by atoms with Crippen LogP contribution in [0.1, 0.15) is 0 Å². The van der Waals surface area contributed by atoms with Crippen LogP contribution < -0.4 is 0 Å². The van der Waals surface area contributed by atoms with E-state index in [-0.39, 0.29) is 0 Å². The summed E-state index contributed by atoms with van der Waals surface area (Å²) in [6.45, 7) is 0. The second-order valence-electron chi connectivity index (χ2n) is 3.97. The van der Waals surface area contributed by atoms with Crippen molar-refractivity contribution < 1.29 is 0 Å². The van der Waals surface area contributed by atoms with E-state index in [4.69, 9.17) is 23.2 Å². The lowest BCUT2D eigenvalue weighted by molar-refractivity contribution is 1.17. The summed E-state index contributed by atoms with van der Waals surface area (Å²) < 4.78 is 1.39. The number of hydrogen-bond donors (Lipinski definition) is 0. The van der Waals surface area contributed by atoms with Crippen LogP contribution in [0.5, 0.6) is 0 Å². The lowest BCUT2D eigenvalue weighted by atomic mass is 10.1. The second kappa shape index (κ2) is 5.82. The zero-order valence-corrected chi connectivity index (χ0v) is 13.9. The molecule has 6 heteroatoms. The summed E-state index contributed by atoms with van der Waals surface area (Å²) >= 11 is 17.0. The molecule has 0 fully saturated rings. The molecule has 2 nitrogen and oxygen atoms in total. The molecule has 0 amide bonds. The zero-order chi connectivity index (χ0) is 14.1. The highest BCUT2D eigenvalue weighted by atomic mass is 79.9. The molecule has 0 radical (unpaired) electrons. The Labute approximate surface area is 138 Å². The van der Waals surface area contributed by atoms with E-state index in [0.29, 0.717) is 19.8 Å². The zero-order valence-electron chi connectivity index (χ0n) is 9.98. The van der Waals surface area contributed by atoms with Crippen molar-refractivity contribution in [3.63, 3.8) is 0 Å². The van der Waals surface area contributed by atoms with Gasteiger partial charge in [0.2, 0.25) is 0 Å². The van der Waals surface area contributed by atoms with Crippen molar-refractivity contribution in [2.24, 2.45) is 0 Å². The number of nitrogens with zero attached hydrogens (tertiary/aromatic N) is 2. The van der Waals surface area contributed by atoms with Gasteiger partial charge >= 0.3 is 0 Å². The van der Waals surface area contributed by atoms with Crippen LogP contribution in [-0.2, 0) is 0 Å². The van der Waals surface area contributed by atoms with Crippen LogP contribution in [0, 0.1) is 0 Å². The number of benzene rings is 1. The smallest absolute Gasteiger partial charge is 0.171 e. The molecule has 0 saturated heterocycles. The maximum atomic E-state index is 6.20. The topological polar surface area (TPSA) is 25.8 Å². The summed E-state index contributed by atoms with van der Waals surface area (Å²) in [5.74, 6) is 0.578. The fraction of sp³-hybridized carbons (Fsp3) is 0. The van der Waals surface area contributed by atoms with Crippen LogP contribution in [0.25, 0.3) is 22.0 Å². The van der Waals surface area contributed by atoms with Crippen molar-refractivity contribution in [3.05, 3.63) is 56.4 Å². The summed E-state index contributed by atoms with van der Waals surface area (Å²) in [6.07, 6.45) is 0. The molecule has 3 rings (SSSR count). The molecular weight excluding hydrogens is 379 g/mol. The number of thiophene rings is 1. The molecule has 0 spiro atoms. The summed E-state index contributed by atoms with van der Waals surface area (Å²) in [5, 5.41) is 0.387. The van der Waals surface area contributed by atoms with Crippen LogP contribution in [-0.4, -0.2) is 9.97 Å². The lowest BCUT2D eigenvalue weighted by Gasteiger charge is -2.07. The van der Waals surface area contributed by atoms with Crippen molar-refractivity contribution in [1.29, 1.82) is 0 Å². The fourth-order valence-corrected chi connectivity index (χ4v) is 3.30. The van der Waals surface area contributed by atoms with Crippen LogP contribution in [0.15, 0.2) is 46.9 Å². The third-order valence-electron chi connectivity index (χ3n) is 2.65. The van der Waals surface area contributed by atoms with Crippen molar-refractivity contribution in [3.8, 4) is 22.0 Å². The highest BCUT2D eigenvalue weighted by Crippen LogP contribution is 2.35. The molecule has 100 valence electrons. The molecule has 0 bridgehead atoms. The van der Waals surface area contributed by atoms with Gasteiger partial charge in [0.15, 0.2) is 5.82 Å². The molecule has 0 atom stereocenters. The first kappa shape index (κ1) is 14.0. The van der Waals surface area contributed by atoms with Crippen LogP contribution in [0.4, 0.5) is 0 Å². The molecule has 20 heavy (non-hydrogen) atoms. The first-order valence-corrected chi connectivity index (χ1v) is 8.06. The molecular formula is C14H7BrCl2N2S. The van der Waals surface area contributed by atoms with Gasteiger partial charge in [0, 0.05) is 5.56 Å². The minimum absolute atomic E-state index is 0.387. The van der Waals surface area contributed by atoms with Crippen LogP contribution >= 0.6 is 50.5 Å². The van der Waals surface area contributed by atoms with Crippen LogP contribution in [0.3, 0.4) is 0 Å². The van der Waals surface area contributed by atoms with Gasteiger partial charge in [-0.2, -0.15) is 0 Å². The summed E-state index contributed by atoms with van der Waals surface area (Å²) in [5.41, 5.74) is 1.75. The van der Waals surface area contributed by atoms with E-state index in [0.717, 1.165) is 16.1 Å². The molecule has 2 heterocycles. The molecule has 0 aliphatic heterocycles. The van der Waals surface area contributed by atoms with Gasteiger partial charge < -0.3 is 0 Å². The summed E-state index contributed by atoms with van der Waals surface area (Å²) in [4.78, 5) is 9.79. The normalized spacial score (nSPS) is 10.8. The van der Waals surface area contributed by atoms with E-state index >= 15 is 0 Å². The van der Waals surface area contributed by atoms with Gasteiger partial charge in [0.25, 0.3) is 0 Å². The van der Waals surface area contributed by atoms with E-state index in [1.165, 1.54) is 11.3 Å². The number of rotatable bonds is 2. The SMILES string of the molecule is Clc1ccc(-c2nc(Cl)c(Br)c(-c3ccccc3)n2)s1. The van der Waals surface area contributed by atoms with Gasteiger partial charge in [-0.15, -0.1) is 11.3 Å². The highest BCUT2D eigenvalue weighted by Gasteiger charge is 2.14. The summed E-state index contributed by atoms with van der Waals surface area (Å²) in [7, 11) is 0. The molecule has 0 aliphatic rings. The van der Waals surface area contributed by atoms with Gasteiger partial charge in [-0.1, -0.05) is 53.5 Å².